The fourth-order valence-electron chi connectivity index (χ4n) is 2.30. The maximum Gasteiger partial charge on any atom is 0.147 e. The molecule has 100 valence electrons. The Bertz CT molecular complexity index is 575. The molecule has 0 aliphatic rings. The first-order valence-corrected chi connectivity index (χ1v) is 6.54. The van der Waals surface area contributed by atoms with Crippen molar-refractivity contribution in [2.24, 2.45) is 0 Å². The summed E-state index contributed by atoms with van der Waals surface area (Å²) in [4.78, 5) is 0. The minimum absolute atomic E-state index is 0.0389. The molecular formula is C16H16ClFO. The summed E-state index contributed by atoms with van der Waals surface area (Å²) in [7, 11) is 0. The Morgan fingerprint density at radius 3 is 2.42 bits per heavy atom. The number of rotatable bonds is 3. The molecule has 0 saturated carbocycles. The van der Waals surface area contributed by atoms with Crippen LogP contribution in [0.25, 0.3) is 0 Å². The van der Waals surface area contributed by atoms with Crippen molar-refractivity contribution in [2.75, 3.05) is 0 Å². The third kappa shape index (κ3) is 3.34. The molecule has 0 radical (unpaired) electrons. The van der Waals surface area contributed by atoms with Crippen LogP contribution in [-0.4, -0.2) is 5.11 Å². The third-order valence-electron chi connectivity index (χ3n) is 3.05. The second-order valence-corrected chi connectivity index (χ2v) is 5.27. The van der Waals surface area contributed by atoms with Gasteiger partial charge in [0.15, 0.2) is 0 Å². The molecule has 1 atom stereocenters. The molecule has 0 aliphatic heterocycles. The lowest BCUT2D eigenvalue weighted by Crippen LogP contribution is -2.05. The Morgan fingerprint density at radius 1 is 1.16 bits per heavy atom. The van der Waals surface area contributed by atoms with Crippen LogP contribution in [-0.2, 0) is 6.42 Å². The molecule has 3 heteroatoms. The molecule has 0 bridgehead atoms. The molecule has 1 unspecified atom stereocenters. The smallest absolute Gasteiger partial charge is 0.147 e. The highest BCUT2D eigenvalue weighted by Crippen LogP contribution is 2.26. The summed E-state index contributed by atoms with van der Waals surface area (Å²) in [6.45, 7) is 4.01. The predicted octanol–water partition coefficient (Wildman–Crippen LogP) is 4.37. The number of halogens is 2. The maximum absolute atomic E-state index is 13.8. The lowest BCUT2D eigenvalue weighted by atomic mass is 9.98. The van der Waals surface area contributed by atoms with Crippen molar-refractivity contribution in [3.8, 4) is 0 Å². The summed E-state index contributed by atoms with van der Waals surface area (Å²) < 4.78 is 13.8. The van der Waals surface area contributed by atoms with E-state index in [0.29, 0.717) is 6.42 Å². The summed E-state index contributed by atoms with van der Waals surface area (Å²) >= 11 is 5.73. The van der Waals surface area contributed by atoms with Gasteiger partial charge in [-0.1, -0.05) is 53.1 Å². The SMILES string of the molecule is Cc1cc(C)cc(CC(O)c2cccc(Cl)c2F)c1. The van der Waals surface area contributed by atoms with Crippen LogP contribution in [0.15, 0.2) is 36.4 Å². The van der Waals surface area contributed by atoms with E-state index >= 15 is 0 Å². The number of aryl methyl sites for hydroxylation is 2. The predicted molar refractivity (Wildman–Crippen MR) is 76.0 cm³/mol. The van der Waals surface area contributed by atoms with E-state index < -0.39 is 11.9 Å². The fraction of sp³-hybridized carbons (Fsp3) is 0.250. The number of hydrogen-bond donors (Lipinski definition) is 1. The van der Waals surface area contributed by atoms with Crippen molar-refractivity contribution in [3.63, 3.8) is 0 Å². The highest BCUT2D eigenvalue weighted by molar-refractivity contribution is 6.30. The molecule has 0 aliphatic carbocycles. The highest BCUT2D eigenvalue weighted by atomic mass is 35.5. The topological polar surface area (TPSA) is 20.2 Å². The Kier molecular flexibility index (Phi) is 4.23. The van der Waals surface area contributed by atoms with Gasteiger partial charge in [-0.15, -0.1) is 0 Å². The molecule has 19 heavy (non-hydrogen) atoms. The molecule has 1 N–H and O–H groups in total. The Balaban J connectivity index is 2.25. The van der Waals surface area contributed by atoms with Gasteiger partial charge in [0.05, 0.1) is 11.1 Å². The first-order valence-electron chi connectivity index (χ1n) is 6.16. The zero-order valence-corrected chi connectivity index (χ0v) is 11.7. The Labute approximate surface area is 117 Å². The van der Waals surface area contributed by atoms with Gasteiger partial charge in [0.2, 0.25) is 0 Å². The van der Waals surface area contributed by atoms with Crippen LogP contribution in [0.3, 0.4) is 0 Å². The molecule has 0 aromatic heterocycles. The average molecular weight is 279 g/mol. The quantitative estimate of drug-likeness (QED) is 0.884. The second kappa shape index (κ2) is 5.72. The Hall–Kier alpha value is -1.38. The summed E-state index contributed by atoms with van der Waals surface area (Å²) in [6.07, 6.45) is -0.514. The van der Waals surface area contributed by atoms with Crippen LogP contribution in [0.2, 0.25) is 5.02 Å². The maximum atomic E-state index is 13.8. The molecule has 0 spiro atoms. The highest BCUT2D eigenvalue weighted by Gasteiger charge is 2.15. The zero-order chi connectivity index (χ0) is 14.0. The van der Waals surface area contributed by atoms with Crippen molar-refractivity contribution in [1.82, 2.24) is 0 Å². The molecule has 0 heterocycles. The summed E-state index contributed by atoms with van der Waals surface area (Å²) in [5, 5.41) is 10.2. The van der Waals surface area contributed by atoms with Gasteiger partial charge in [0.1, 0.15) is 5.82 Å². The van der Waals surface area contributed by atoms with Crippen molar-refractivity contribution < 1.29 is 9.50 Å². The van der Waals surface area contributed by atoms with E-state index in [1.807, 2.05) is 26.0 Å². The average Bonchev–Trinajstić information content (AvgIpc) is 2.31. The van der Waals surface area contributed by atoms with Gasteiger partial charge in [-0.05, 0) is 25.5 Å². The first-order chi connectivity index (χ1) is 8.97. The van der Waals surface area contributed by atoms with Gasteiger partial charge >= 0.3 is 0 Å². The van der Waals surface area contributed by atoms with Crippen LogP contribution >= 0.6 is 11.6 Å². The first kappa shape index (κ1) is 14.0. The lowest BCUT2D eigenvalue weighted by molar-refractivity contribution is 0.173. The van der Waals surface area contributed by atoms with Gasteiger partial charge in [-0.2, -0.15) is 0 Å². The van der Waals surface area contributed by atoms with E-state index in [1.54, 1.807) is 12.1 Å². The van der Waals surface area contributed by atoms with E-state index in [1.165, 1.54) is 6.07 Å². The fourth-order valence-corrected chi connectivity index (χ4v) is 2.48. The van der Waals surface area contributed by atoms with Crippen LogP contribution in [0.4, 0.5) is 4.39 Å². The number of hydrogen-bond acceptors (Lipinski definition) is 1. The summed E-state index contributed by atoms with van der Waals surface area (Å²) in [5.41, 5.74) is 3.50. The van der Waals surface area contributed by atoms with E-state index in [9.17, 15) is 9.50 Å². The number of aliphatic hydroxyl groups is 1. The molecule has 2 aromatic carbocycles. The van der Waals surface area contributed by atoms with Crippen molar-refractivity contribution in [1.29, 1.82) is 0 Å². The molecular weight excluding hydrogens is 263 g/mol. The van der Waals surface area contributed by atoms with Crippen molar-refractivity contribution >= 4 is 11.6 Å². The van der Waals surface area contributed by atoms with E-state index in [2.05, 4.69) is 6.07 Å². The van der Waals surface area contributed by atoms with E-state index in [0.717, 1.165) is 16.7 Å². The normalized spacial score (nSPS) is 12.5. The van der Waals surface area contributed by atoms with Crippen molar-refractivity contribution in [2.45, 2.75) is 26.4 Å². The van der Waals surface area contributed by atoms with Gasteiger partial charge in [0.25, 0.3) is 0 Å². The summed E-state index contributed by atoms with van der Waals surface area (Å²) in [5.74, 6) is -0.541. The molecule has 2 aromatic rings. The van der Waals surface area contributed by atoms with E-state index in [4.69, 9.17) is 11.6 Å². The third-order valence-corrected chi connectivity index (χ3v) is 3.34. The molecule has 0 saturated heterocycles. The largest absolute Gasteiger partial charge is 0.388 e. The standard InChI is InChI=1S/C16H16ClFO/c1-10-6-11(2)8-12(7-10)9-15(19)13-4-3-5-14(17)16(13)18/h3-8,15,19H,9H2,1-2H3. The van der Waals surface area contributed by atoms with Crippen molar-refractivity contribution in [3.05, 3.63) is 69.5 Å². The minimum atomic E-state index is -0.889. The van der Waals surface area contributed by atoms with Crippen LogP contribution in [0.5, 0.6) is 0 Å². The summed E-state index contributed by atoms with van der Waals surface area (Å²) in [6, 6.07) is 10.7. The van der Waals surface area contributed by atoms with Gasteiger partial charge in [0, 0.05) is 12.0 Å². The van der Waals surface area contributed by atoms with Gasteiger partial charge in [-0.3, -0.25) is 0 Å². The van der Waals surface area contributed by atoms with Crippen LogP contribution in [0, 0.1) is 19.7 Å². The van der Waals surface area contributed by atoms with Gasteiger partial charge < -0.3 is 5.11 Å². The van der Waals surface area contributed by atoms with Gasteiger partial charge in [-0.25, -0.2) is 4.39 Å². The number of aliphatic hydroxyl groups excluding tert-OH is 1. The second-order valence-electron chi connectivity index (χ2n) is 4.86. The molecule has 2 rings (SSSR count). The Morgan fingerprint density at radius 2 is 1.79 bits per heavy atom. The zero-order valence-electron chi connectivity index (χ0n) is 11.0. The molecule has 0 amide bonds. The molecule has 1 nitrogen and oxygen atoms in total. The monoisotopic (exact) mass is 278 g/mol. The number of benzene rings is 2. The van der Waals surface area contributed by atoms with Crippen LogP contribution < -0.4 is 0 Å². The minimum Gasteiger partial charge on any atom is -0.388 e. The molecule has 0 fully saturated rings. The lowest BCUT2D eigenvalue weighted by Gasteiger charge is -2.13. The van der Waals surface area contributed by atoms with Crippen LogP contribution in [0.1, 0.15) is 28.4 Å². The van der Waals surface area contributed by atoms with E-state index in [-0.39, 0.29) is 10.6 Å².